The molecular formula is C14H26N2O. The second kappa shape index (κ2) is 8.29. The Morgan fingerprint density at radius 3 is 3.00 bits per heavy atom. The van der Waals surface area contributed by atoms with E-state index in [1.165, 1.54) is 31.3 Å². The molecule has 0 saturated carbocycles. The lowest BCUT2D eigenvalue weighted by molar-refractivity contribution is -0.121. The summed E-state index contributed by atoms with van der Waals surface area (Å²) >= 11 is 0. The maximum Gasteiger partial charge on any atom is 0.220 e. The molecule has 0 saturated heterocycles. The maximum atomic E-state index is 11.5. The first-order chi connectivity index (χ1) is 8.22. The van der Waals surface area contributed by atoms with Gasteiger partial charge < -0.3 is 11.1 Å². The standard InChI is InChI=1S/C14H26N2O/c1-12(11-15)7-8-14(17)16-10-9-13-5-3-2-4-6-13/h5,12H,2-4,6-11,15H2,1H3,(H,16,17). The van der Waals surface area contributed by atoms with Crippen molar-refractivity contribution < 1.29 is 4.79 Å². The minimum absolute atomic E-state index is 0.168. The summed E-state index contributed by atoms with van der Waals surface area (Å²) in [5.74, 6) is 0.614. The van der Waals surface area contributed by atoms with Crippen molar-refractivity contribution in [1.29, 1.82) is 0 Å². The minimum Gasteiger partial charge on any atom is -0.356 e. The molecule has 0 aromatic carbocycles. The second-order valence-electron chi connectivity index (χ2n) is 5.09. The molecule has 0 fully saturated rings. The van der Waals surface area contributed by atoms with Crippen LogP contribution >= 0.6 is 0 Å². The van der Waals surface area contributed by atoms with Crippen LogP contribution in [0.3, 0.4) is 0 Å². The van der Waals surface area contributed by atoms with Gasteiger partial charge in [-0.25, -0.2) is 0 Å². The van der Waals surface area contributed by atoms with E-state index in [4.69, 9.17) is 5.73 Å². The number of nitrogens with one attached hydrogen (secondary N) is 1. The van der Waals surface area contributed by atoms with Gasteiger partial charge in [0.25, 0.3) is 0 Å². The van der Waals surface area contributed by atoms with Crippen LogP contribution in [0, 0.1) is 5.92 Å². The molecule has 1 unspecified atom stereocenters. The molecule has 0 aromatic rings. The van der Waals surface area contributed by atoms with E-state index in [-0.39, 0.29) is 5.91 Å². The Kier molecular flexibility index (Phi) is 6.94. The molecule has 1 rings (SSSR count). The number of hydrogen-bond acceptors (Lipinski definition) is 2. The Balaban J connectivity index is 2.05. The maximum absolute atomic E-state index is 11.5. The van der Waals surface area contributed by atoms with Crippen LogP contribution in [-0.4, -0.2) is 19.0 Å². The zero-order valence-electron chi connectivity index (χ0n) is 11.0. The van der Waals surface area contributed by atoms with Crippen LogP contribution in [0.1, 0.15) is 51.9 Å². The SMILES string of the molecule is CC(CN)CCC(=O)NCCC1=CCCCC1. The lowest BCUT2D eigenvalue weighted by atomic mass is 9.97. The topological polar surface area (TPSA) is 55.1 Å². The van der Waals surface area contributed by atoms with E-state index in [1.54, 1.807) is 0 Å². The van der Waals surface area contributed by atoms with Crippen LogP contribution < -0.4 is 11.1 Å². The lowest BCUT2D eigenvalue weighted by Gasteiger charge is -2.13. The van der Waals surface area contributed by atoms with Gasteiger partial charge in [0.05, 0.1) is 0 Å². The molecule has 1 aliphatic rings. The van der Waals surface area contributed by atoms with Crippen LogP contribution in [0.25, 0.3) is 0 Å². The molecule has 1 amide bonds. The normalized spacial score (nSPS) is 17.4. The first-order valence-electron chi connectivity index (χ1n) is 6.87. The number of hydrogen-bond donors (Lipinski definition) is 2. The molecule has 98 valence electrons. The molecule has 3 N–H and O–H groups in total. The number of amides is 1. The molecule has 1 aliphatic carbocycles. The smallest absolute Gasteiger partial charge is 0.220 e. The molecule has 0 aliphatic heterocycles. The van der Waals surface area contributed by atoms with Crippen molar-refractivity contribution in [3.05, 3.63) is 11.6 Å². The average Bonchev–Trinajstić information content (AvgIpc) is 2.37. The summed E-state index contributed by atoms with van der Waals surface area (Å²) < 4.78 is 0. The second-order valence-corrected chi connectivity index (χ2v) is 5.09. The van der Waals surface area contributed by atoms with Crippen molar-refractivity contribution in [2.45, 2.75) is 51.9 Å². The molecule has 0 aromatic heterocycles. The molecule has 1 atom stereocenters. The monoisotopic (exact) mass is 238 g/mol. The summed E-state index contributed by atoms with van der Waals surface area (Å²) in [6.45, 7) is 3.54. The summed E-state index contributed by atoms with van der Waals surface area (Å²) in [7, 11) is 0. The Labute approximate surface area is 105 Å². The lowest BCUT2D eigenvalue weighted by Crippen LogP contribution is -2.25. The van der Waals surface area contributed by atoms with Gasteiger partial charge in [-0.2, -0.15) is 0 Å². The summed E-state index contributed by atoms with van der Waals surface area (Å²) in [6, 6.07) is 0. The number of nitrogens with two attached hydrogens (primary N) is 1. The average molecular weight is 238 g/mol. The van der Waals surface area contributed by atoms with Gasteiger partial charge in [0.2, 0.25) is 5.91 Å². The summed E-state index contributed by atoms with van der Waals surface area (Å²) in [6.07, 6.45) is 9.95. The summed E-state index contributed by atoms with van der Waals surface area (Å²) in [5, 5.41) is 2.99. The highest BCUT2D eigenvalue weighted by atomic mass is 16.1. The Bertz CT molecular complexity index is 261. The van der Waals surface area contributed by atoms with Gasteiger partial charge in [0.15, 0.2) is 0 Å². The van der Waals surface area contributed by atoms with Gasteiger partial charge in [-0.1, -0.05) is 18.6 Å². The van der Waals surface area contributed by atoms with Gasteiger partial charge in [0, 0.05) is 13.0 Å². The van der Waals surface area contributed by atoms with E-state index < -0.39 is 0 Å². The first kappa shape index (κ1) is 14.2. The fraction of sp³-hybridized carbons (Fsp3) is 0.786. The highest BCUT2D eigenvalue weighted by Crippen LogP contribution is 2.19. The minimum atomic E-state index is 0.168. The molecule has 0 spiro atoms. The van der Waals surface area contributed by atoms with Crippen molar-refractivity contribution in [3.63, 3.8) is 0 Å². The predicted octanol–water partition coefficient (Wildman–Crippen LogP) is 2.37. The van der Waals surface area contributed by atoms with Crippen molar-refractivity contribution in [3.8, 4) is 0 Å². The van der Waals surface area contributed by atoms with Crippen LogP contribution in [-0.2, 0) is 4.79 Å². The molecule has 3 nitrogen and oxygen atoms in total. The fourth-order valence-corrected chi connectivity index (χ4v) is 2.08. The van der Waals surface area contributed by atoms with Crippen LogP contribution in [0.15, 0.2) is 11.6 Å². The zero-order chi connectivity index (χ0) is 12.5. The van der Waals surface area contributed by atoms with Gasteiger partial charge in [-0.05, 0) is 51.0 Å². The van der Waals surface area contributed by atoms with Gasteiger partial charge >= 0.3 is 0 Å². The Morgan fingerprint density at radius 1 is 1.53 bits per heavy atom. The third kappa shape index (κ3) is 6.47. The Morgan fingerprint density at radius 2 is 2.35 bits per heavy atom. The van der Waals surface area contributed by atoms with Crippen molar-refractivity contribution in [2.75, 3.05) is 13.1 Å². The third-order valence-electron chi connectivity index (χ3n) is 3.42. The third-order valence-corrected chi connectivity index (χ3v) is 3.42. The number of carbonyl (C=O) groups excluding carboxylic acids is 1. The predicted molar refractivity (Wildman–Crippen MR) is 71.6 cm³/mol. The number of carbonyl (C=O) groups is 1. The molecule has 0 bridgehead atoms. The van der Waals surface area contributed by atoms with Gasteiger partial charge in [-0.3, -0.25) is 4.79 Å². The van der Waals surface area contributed by atoms with Crippen molar-refractivity contribution >= 4 is 5.91 Å². The quantitative estimate of drug-likeness (QED) is 0.669. The highest BCUT2D eigenvalue weighted by molar-refractivity contribution is 5.75. The molecule has 3 heteroatoms. The molecule has 0 heterocycles. The van der Waals surface area contributed by atoms with Crippen molar-refractivity contribution in [1.82, 2.24) is 5.32 Å². The van der Waals surface area contributed by atoms with E-state index in [0.717, 1.165) is 19.4 Å². The number of allylic oxidation sites excluding steroid dienone is 1. The van der Waals surface area contributed by atoms with E-state index in [2.05, 4.69) is 18.3 Å². The fourth-order valence-electron chi connectivity index (χ4n) is 2.08. The van der Waals surface area contributed by atoms with Crippen LogP contribution in [0.4, 0.5) is 0 Å². The van der Waals surface area contributed by atoms with Gasteiger partial charge in [0.1, 0.15) is 0 Å². The van der Waals surface area contributed by atoms with Crippen LogP contribution in [0.2, 0.25) is 0 Å². The van der Waals surface area contributed by atoms with E-state index in [9.17, 15) is 4.79 Å². The molecule has 0 radical (unpaired) electrons. The van der Waals surface area contributed by atoms with Crippen molar-refractivity contribution in [2.24, 2.45) is 11.7 Å². The summed E-state index contributed by atoms with van der Waals surface area (Å²) in [4.78, 5) is 11.5. The number of rotatable bonds is 7. The summed E-state index contributed by atoms with van der Waals surface area (Å²) in [5.41, 5.74) is 7.04. The molecule has 17 heavy (non-hydrogen) atoms. The highest BCUT2D eigenvalue weighted by Gasteiger charge is 2.06. The Hall–Kier alpha value is -0.830. The van der Waals surface area contributed by atoms with Gasteiger partial charge in [-0.15, -0.1) is 0 Å². The van der Waals surface area contributed by atoms with Crippen LogP contribution in [0.5, 0.6) is 0 Å². The van der Waals surface area contributed by atoms with E-state index >= 15 is 0 Å². The molecular weight excluding hydrogens is 212 g/mol. The zero-order valence-corrected chi connectivity index (χ0v) is 11.0. The van der Waals surface area contributed by atoms with E-state index in [1.807, 2.05) is 0 Å². The largest absolute Gasteiger partial charge is 0.356 e. The first-order valence-corrected chi connectivity index (χ1v) is 6.87. The van der Waals surface area contributed by atoms with E-state index in [0.29, 0.717) is 18.9 Å².